The second-order valence-electron chi connectivity index (χ2n) is 8.37. The van der Waals surface area contributed by atoms with Crippen LogP contribution < -0.4 is 9.62 Å². The molecule has 1 unspecified atom stereocenters. The summed E-state index contributed by atoms with van der Waals surface area (Å²) in [6.07, 6.45) is 2.79. The van der Waals surface area contributed by atoms with Crippen LogP contribution in [0.3, 0.4) is 0 Å². The number of aryl methyl sites for hydroxylation is 2. The minimum absolute atomic E-state index is 0.0375. The fourth-order valence-corrected chi connectivity index (χ4v) is 4.41. The van der Waals surface area contributed by atoms with Gasteiger partial charge in [0.15, 0.2) is 0 Å². The van der Waals surface area contributed by atoms with E-state index in [0.29, 0.717) is 18.0 Å². The van der Waals surface area contributed by atoms with E-state index in [4.69, 9.17) is 0 Å². The van der Waals surface area contributed by atoms with Gasteiger partial charge < -0.3 is 5.32 Å². The van der Waals surface area contributed by atoms with Crippen LogP contribution in [0.4, 0.5) is 5.69 Å². The first kappa shape index (κ1) is 23.9. The fourth-order valence-electron chi connectivity index (χ4n) is 3.45. The predicted molar refractivity (Wildman–Crippen MR) is 124 cm³/mol. The number of rotatable bonds is 10. The SMILES string of the molecule is Cc1ccc(N(CCCC(=O)NC(CC(C)C)c2ccccc2)S(C)(=O)=O)cc1C. The van der Waals surface area contributed by atoms with E-state index in [1.807, 2.05) is 62.4 Å². The van der Waals surface area contributed by atoms with E-state index >= 15 is 0 Å². The first-order valence-corrected chi connectivity index (χ1v) is 12.3. The van der Waals surface area contributed by atoms with Crippen LogP contribution >= 0.6 is 0 Å². The first-order chi connectivity index (χ1) is 14.1. The molecule has 0 saturated carbocycles. The molecule has 1 N–H and O–H groups in total. The van der Waals surface area contributed by atoms with Crippen molar-refractivity contribution >= 4 is 21.6 Å². The maximum atomic E-state index is 12.6. The first-order valence-electron chi connectivity index (χ1n) is 10.5. The van der Waals surface area contributed by atoms with Crippen molar-refractivity contribution < 1.29 is 13.2 Å². The highest BCUT2D eigenvalue weighted by Crippen LogP contribution is 2.23. The van der Waals surface area contributed by atoms with Crippen LogP contribution in [0.1, 0.15) is 55.8 Å². The maximum absolute atomic E-state index is 12.6. The van der Waals surface area contributed by atoms with Crippen molar-refractivity contribution in [2.24, 2.45) is 5.92 Å². The maximum Gasteiger partial charge on any atom is 0.232 e. The fraction of sp³-hybridized carbons (Fsp3) is 0.458. The molecule has 0 bridgehead atoms. The molecule has 0 saturated heterocycles. The van der Waals surface area contributed by atoms with E-state index in [2.05, 4.69) is 19.2 Å². The molecule has 1 atom stereocenters. The van der Waals surface area contributed by atoms with E-state index in [-0.39, 0.29) is 24.9 Å². The van der Waals surface area contributed by atoms with Gasteiger partial charge >= 0.3 is 0 Å². The number of hydrogen-bond donors (Lipinski definition) is 1. The Labute approximate surface area is 181 Å². The Morgan fingerprint density at radius 1 is 1.03 bits per heavy atom. The van der Waals surface area contributed by atoms with Crippen molar-refractivity contribution in [1.29, 1.82) is 0 Å². The van der Waals surface area contributed by atoms with Gasteiger partial charge in [0.05, 0.1) is 18.0 Å². The smallest absolute Gasteiger partial charge is 0.232 e. The lowest BCUT2D eigenvalue weighted by Gasteiger charge is -2.24. The minimum atomic E-state index is -3.43. The van der Waals surface area contributed by atoms with E-state index in [9.17, 15) is 13.2 Å². The average Bonchev–Trinajstić information content (AvgIpc) is 2.66. The van der Waals surface area contributed by atoms with Gasteiger partial charge in [-0.2, -0.15) is 0 Å². The molecular formula is C24H34N2O3S. The number of benzene rings is 2. The van der Waals surface area contributed by atoms with Gasteiger partial charge in [0, 0.05) is 13.0 Å². The summed E-state index contributed by atoms with van der Waals surface area (Å²) in [6, 6.07) is 15.5. The van der Waals surface area contributed by atoms with Crippen molar-refractivity contribution in [3.8, 4) is 0 Å². The van der Waals surface area contributed by atoms with Crippen LogP contribution in [0.15, 0.2) is 48.5 Å². The second-order valence-corrected chi connectivity index (χ2v) is 10.3. The van der Waals surface area contributed by atoms with Crippen LogP contribution in [0.2, 0.25) is 0 Å². The number of anilines is 1. The predicted octanol–water partition coefficient (Wildman–Crippen LogP) is 4.75. The molecule has 0 aliphatic carbocycles. The van der Waals surface area contributed by atoms with Gasteiger partial charge in [-0.25, -0.2) is 8.42 Å². The van der Waals surface area contributed by atoms with Gasteiger partial charge in [-0.3, -0.25) is 9.10 Å². The van der Waals surface area contributed by atoms with Crippen LogP contribution in [0, 0.1) is 19.8 Å². The Kier molecular flexibility index (Phi) is 8.47. The summed E-state index contributed by atoms with van der Waals surface area (Å²) in [4.78, 5) is 12.6. The monoisotopic (exact) mass is 430 g/mol. The van der Waals surface area contributed by atoms with Gasteiger partial charge in [0.2, 0.25) is 15.9 Å². The molecular weight excluding hydrogens is 396 g/mol. The number of sulfonamides is 1. The van der Waals surface area contributed by atoms with Crippen LogP contribution in [0.5, 0.6) is 0 Å². The Morgan fingerprint density at radius 2 is 1.70 bits per heavy atom. The summed E-state index contributed by atoms with van der Waals surface area (Å²) in [6.45, 7) is 8.50. The minimum Gasteiger partial charge on any atom is -0.349 e. The Morgan fingerprint density at radius 3 is 2.27 bits per heavy atom. The third kappa shape index (κ3) is 7.17. The lowest BCUT2D eigenvalue weighted by Crippen LogP contribution is -2.33. The van der Waals surface area contributed by atoms with Gasteiger partial charge in [-0.05, 0) is 61.4 Å². The van der Waals surface area contributed by atoms with Gasteiger partial charge in [0.1, 0.15) is 0 Å². The molecule has 2 aromatic rings. The Bertz CT molecular complexity index is 940. The van der Waals surface area contributed by atoms with Crippen LogP contribution in [-0.4, -0.2) is 27.1 Å². The molecule has 30 heavy (non-hydrogen) atoms. The molecule has 0 aliphatic rings. The summed E-state index contributed by atoms with van der Waals surface area (Å²) < 4.78 is 26.0. The second kappa shape index (κ2) is 10.6. The highest BCUT2D eigenvalue weighted by Gasteiger charge is 2.19. The highest BCUT2D eigenvalue weighted by molar-refractivity contribution is 7.92. The molecule has 164 valence electrons. The van der Waals surface area contributed by atoms with Gasteiger partial charge in [-0.15, -0.1) is 0 Å². The molecule has 0 fully saturated rings. The lowest BCUT2D eigenvalue weighted by atomic mass is 9.97. The molecule has 0 spiro atoms. The topological polar surface area (TPSA) is 66.5 Å². The van der Waals surface area contributed by atoms with Crippen LogP contribution in [0.25, 0.3) is 0 Å². The zero-order chi connectivity index (χ0) is 22.3. The molecule has 2 rings (SSSR count). The number of carbonyl (C=O) groups is 1. The summed E-state index contributed by atoms with van der Waals surface area (Å²) in [5, 5.41) is 3.13. The molecule has 0 radical (unpaired) electrons. The summed E-state index contributed by atoms with van der Waals surface area (Å²) in [5.41, 5.74) is 3.89. The van der Waals surface area contributed by atoms with E-state index < -0.39 is 10.0 Å². The summed E-state index contributed by atoms with van der Waals surface area (Å²) in [5.74, 6) is 0.388. The Balaban J connectivity index is 2.01. The molecule has 0 aromatic heterocycles. The number of amides is 1. The zero-order valence-corrected chi connectivity index (χ0v) is 19.5. The molecule has 0 aliphatic heterocycles. The summed E-state index contributed by atoms with van der Waals surface area (Å²) >= 11 is 0. The molecule has 0 heterocycles. The summed E-state index contributed by atoms with van der Waals surface area (Å²) in [7, 11) is -3.43. The van der Waals surface area contributed by atoms with E-state index in [0.717, 1.165) is 23.1 Å². The molecule has 5 nitrogen and oxygen atoms in total. The van der Waals surface area contributed by atoms with E-state index in [1.54, 1.807) is 0 Å². The highest BCUT2D eigenvalue weighted by atomic mass is 32.2. The molecule has 1 amide bonds. The van der Waals surface area contributed by atoms with Crippen molar-refractivity contribution in [2.75, 3.05) is 17.1 Å². The number of nitrogens with zero attached hydrogens (tertiary/aromatic N) is 1. The van der Waals surface area contributed by atoms with Crippen molar-refractivity contribution in [1.82, 2.24) is 5.32 Å². The standard InChI is InChI=1S/C24H34N2O3S/c1-18(2)16-23(21-10-7-6-8-11-21)25-24(27)12-9-15-26(30(5,28)29)22-14-13-19(3)20(4)17-22/h6-8,10-11,13-14,17-18,23H,9,12,15-16H2,1-5H3,(H,25,27). The Hall–Kier alpha value is -2.34. The quantitative estimate of drug-likeness (QED) is 0.591. The van der Waals surface area contributed by atoms with E-state index in [1.165, 1.54) is 10.6 Å². The van der Waals surface area contributed by atoms with Gasteiger partial charge in [0.25, 0.3) is 0 Å². The molecule has 6 heteroatoms. The number of carbonyl (C=O) groups excluding carboxylic acids is 1. The van der Waals surface area contributed by atoms with Crippen molar-refractivity contribution in [3.63, 3.8) is 0 Å². The number of hydrogen-bond acceptors (Lipinski definition) is 3. The normalized spacial score (nSPS) is 12.6. The average molecular weight is 431 g/mol. The zero-order valence-electron chi connectivity index (χ0n) is 18.7. The third-order valence-electron chi connectivity index (χ3n) is 5.19. The third-order valence-corrected chi connectivity index (χ3v) is 6.38. The number of nitrogens with one attached hydrogen (secondary N) is 1. The lowest BCUT2D eigenvalue weighted by molar-refractivity contribution is -0.122. The molecule has 2 aromatic carbocycles. The van der Waals surface area contributed by atoms with Crippen molar-refractivity contribution in [3.05, 3.63) is 65.2 Å². The van der Waals surface area contributed by atoms with Crippen LogP contribution in [-0.2, 0) is 14.8 Å². The largest absolute Gasteiger partial charge is 0.349 e. The van der Waals surface area contributed by atoms with Crippen molar-refractivity contribution in [2.45, 2.75) is 53.0 Å². The van der Waals surface area contributed by atoms with Gasteiger partial charge in [-0.1, -0.05) is 50.2 Å².